The normalized spacial score (nSPS) is 22.9. The van der Waals surface area contributed by atoms with E-state index in [1.807, 2.05) is 0 Å². The summed E-state index contributed by atoms with van der Waals surface area (Å²) < 4.78 is 0. The Labute approximate surface area is 118 Å². The van der Waals surface area contributed by atoms with Crippen molar-refractivity contribution in [1.29, 1.82) is 0 Å². The largest absolute Gasteiger partial charge is 0.328 e. The van der Waals surface area contributed by atoms with Gasteiger partial charge in [0.15, 0.2) is 0 Å². The van der Waals surface area contributed by atoms with E-state index in [2.05, 4.69) is 50.9 Å². The Kier molecular flexibility index (Phi) is 4.64. The molecule has 2 N–H and O–H groups in total. The van der Waals surface area contributed by atoms with Crippen molar-refractivity contribution in [2.45, 2.75) is 52.1 Å². The van der Waals surface area contributed by atoms with E-state index in [9.17, 15) is 0 Å². The SMILES string of the molecule is Cc1ccc(C(C)C)cc1CN(C)CC1CC(N)C1. The van der Waals surface area contributed by atoms with Crippen LogP contribution in [0.15, 0.2) is 18.2 Å². The topological polar surface area (TPSA) is 29.3 Å². The van der Waals surface area contributed by atoms with Gasteiger partial charge in [-0.05, 0) is 55.3 Å². The molecule has 0 spiro atoms. The van der Waals surface area contributed by atoms with Crippen LogP contribution in [0.5, 0.6) is 0 Å². The van der Waals surface area contributed by atoms with Gasteiger partial charge >= 0.3 is 0 Å². The highest BCUT2D eigenvalue weighted by Crippen LogP contribution is 2.27. The predicted molar refractivity (Wildman–Crippen MR) is 82.3 cm³/mol. The van der Waals surface area contributed by atoms with Crippen LogP contribution in [0.3, 0.4) is 0 Å². The van der Waals surface area contributed by atoms with Crippen molar-refractivity contribution >= 4 is 0 Å². The van der Waals surface area contributed by atoms with Crippen molar-refractivity contribution in [3.8, 4) is 0 Å². The maximum absolute atomic E-state index is 5.86. The first kappa shape index (κ1) is 14.5. The highest BCUT2D eigenvalue weighted by atomic mass is 15.1. The molecule has 1 saturated carbocycles. The monoisotopic (exact) mass is 260 g/mol. The van der Waals surface area contributed by atoms with Crippen LogP contribution in [0.4, 0.5) is 0 Å². The summed E-state index contributed by atoms with van der Waals surface area (Å²) in [6, 6.07) is 7.36. The molecular weight excluding hydrogens is 232 g/mol. The molecule has 106 valence electrons. The zero-order valence-electron chi connectivity index (χ0n) is 12.8. The molecule has 2 rings (SSSR count). The van der Waals surface area contributed by atoms with Crippen molar-refractivity contribution < 1.29 is 0 Å². The Morgan fingerprint density at radius 1 is 1.32 bits per heavy atom. The van der Waals surface area contributed by atoms with Gasteiger partial charge in [-0.3, -0.25) is 0 Å². The lowest BCUT2D eigenvalue weighted by atomic mass is 9.80. The number of hydrogen-bond donors (Lipinski definition) is 1. The van der Waals surface area contributed by atoms with Crippen molar-refractivity contribution in [2.24, 2.45) is 11.7 Å². The lowest BCUT2D eigenvalue weighted by Gasteiger charge is -2.35. The lowest BCUT2D eigenvalue weighted by molar-refractivity contribution is 0.178. The number of benzene rings is 1. The van der Waals surface area contributed by atoms with Crippen LogP contribution < -0.4 is 5.73 Å². The third-order valence-corrected chi connectivity index (χ3v) is 4.32. The third kappa shape index (κ3) is 3.80. The Balaban J connectivity index is 1.95. The first-order chi connectivity index (χ1) is 8.95. The average Bonchev–Trinajstić information content (AvgIpc) is 2.29. The standard InChI is InChI=1S/C17H28N2/c1-12(2)15-6-5-13(3)16(9-15)11-19(4)10-14-7-17(18)8-14/h5-6,9,12,14,17H,7-8,10-11,18H2,1-4H3. The molecule has 2 nitrogen and oxygen atoms in total. The molecule has 1 aromatic rings. The van der Waals surface area contributed by atoms with Crippen molar-refractivity contribution in [1.82, 2.24) is 4.90 Å². The summed E-state index contributed by atoms with van der Waals surface area (Å²) in [6.07, 6.45) is 2.41. The van der Waals surface area contributed by atoms with Gasteiger partial charge in [0.25, 0.3) is 0 Å². The van der Waals surface area contributed by atoms with E-state index in [0.717, 1.165) is 12.5 Å². The first-order valence-electron chi connectivity index (χ1n) is 7.49. The van der Waals surface area contributed by atoms with Gasteiger partial charge in [0.05, 0.1) is 0 Å². The number of nitrogens with zero attached hydrogens (tertiary/aromatic N) is 1. The van der Waals surface area contributed by atoms with Crippen LogP contribution in [0, 0.1) is 12.8 Å². The Morgan fingerprint density at radius 3 is 2.58 bits per heavy atom. The summed E-state index contributed by atoms with van der Waals surface area (Å²) in [7, 11) is 2.23. The van der Waals surface area contributed by atoms with Crippen LogP contribution in [0.25, 0.3) is 0 Å². The second kappa shape index (κ2) is 6.06. The Bertz CT molecular complexity index is 419. The summed E-state index contributed by atoms with van der Waals surface area (Å²) in [4.78, 5) is 2.45. The van der Waals surface area contributed by atoms with E-state index in [4.69, 9.17) is 5.73 Å². The summed E-state index contributed by atoms with van der Waals surface area (Å²) in [5, 5.41) is 0. The Hall–Kier alpha value is -0.860. The molecule has 1 fully saturated rings. The Morgan fingerprint density at radius 2 is 2.00 bits per heavy atom. The zero-order chi connectivity index (χ0) is 14.0. The van der Waals surface area contributed by atoms with E-state index >= 15 is 0 Å². The summed E-state index contributed by atoms with van der Waals surface area (Å²) in [5.74, 6) is 1.42. The van der Waals surface area contributed by atoms with E-state index in [-0.39, 0.29) is 0 Å². The second-order valence-electron chi connectivity index (χ2n) is 6.63. The molecule has 2 heteroatoms. The first-order valence-corrected chi connectivity index (χ1v) is 7.49. The van der Waals surface area contributed by atoms with E-state index < -0.39 is 0 Å². The second-order valence-corrected chi connectivity index (χ2v) is 6.63. The molecule has 1 aromatic carbocycles. The van der Waals surface area contributed by atoms with Gasteiger partial charge in [-0.1, -0.05) is 32.0 Å². The van der Waals surface area contributed by atoms with Gasteiger partial charge in [0, 0.05) is 19.1 Å². The van der Waals surface area contributed by atoms with E-state index in [0.29, 0.717) is 12.0 Å². The smallest absolute Gasteiger partial charge is 0.0233 e. The molecule has 19 heavy (non-hydrogen) atoms. The summed E-state index contributed by atoms with van der Waals surface area (Å²) in [6.45, 7) is 8.96. The quantitative estimate of drug-likeness (QED) is 0.880. The van der Waals surface area contributed by atoms with Crippen LogP contribution in [0.1, 0.15) is 49.3 Å². The molecule has 0 saturated heterocycles. The van der Waals surface area contributed by atoms with Crippen molar-refractivity contribution in [3.05, 3.63) is 34.9 Å². The molecular formula is C17H28N2. The maximum Gasteiger partial charge on any atom is 0.0233 e. The minimum atomic E-state index is 0.462. The molecule has 1 aliphatic rings. The van der Waals surface area contributed by atoms with E-state index in [1.165, 1.54) is 36.1 Å². The summed E-state index contributed by atoms with van der Waals surface area (Å²) in [5.41, 5.74) is 10.2. The molecule has 0 bridgehead atoms. The molecule has 0 atom stereocenters. The van der Waals surface area contributed by atoms with Crippen LogP contribution >= 0.6 is 0 Å². The highest BCUT2D eigenvalue weighted by molar-refractivity contribution is 5.32. The number of aryl methyl sites for hydroxylation is 1. The fourth-order valence-corrected chi connectivity index (χ4v) is 2.95. The number of nitrogens with two attached hydrogens (primary N) is 1. The molecule has 0 amide bonds. The van der Waals surface area contributed by atoms with Gasteiger partial charge in [-0.2, -0.15) is 0 Å². The van der Waals surface area contributed by atoms with Gasteiger partial charge in [-0.15, -0.1) is 0 Å². The zero-order valence-corrected chi connectivity index (χ0v) is 12.8. The third-order valence-electron chi connectivity index (χ3n) is 4.32. The molecule has 0 aromatic heterocycles. The van der Waals surface area contributed by atoms with Crippen molar-refractivity contribution in [3.63, 3.8) is 0 Å². The summed E-state index contributed by atoms with van der Waals surface area (Å²) >= 11 is 0. The number of rotatable bonds is 5. The lowest BCUT2D eigenvalue weighted by Crippen LogP contribution is -2.41. The molecule has 0 heterocycles. The molecule has 0 radical (unpaired) electrons. The number of hydrogen-bond acceptors (Lipinski definition) is 2. The fraction of sp³-hybridized carbons (Fsp3) is 0.647. The average molecular weight is 260 g/mol. The highest BCUT2D eigenvalue weighted by Gasteiger charge is 2.26. The van der Waals surface area contributed by atoms with Gasteiger partial charge in [-0.25, -0.2) is 0 Å². The predicted octanol–water partition coefficient (Wildman–Crippen LogP) is 3.29. The van der Waals surface area contributed by atoms with Gasteiger partial charge in [0.2, 0.25) is 0 Å². The molecule has 0 aliphatic heterocycles. The maximum atomic E-state index is 5.86. The van der Waals surface area contributed by atoms with Gasteiger partial charge < -0.3 is 10.6 Å². The minimum absolute atomic E-state index is 0.462. The van der Waals surface area contributed by atoms with Crippen molar-refractivity contribution in [2.75, 3.05) is 13.6 Å². The molecule has 0 unspecified atom stereocenters. The fourth-order valence-electron chi connectivity index (χ4n) is 2.95. The van der Waals surface area contributed by atoms with Gasteiger partial charge in [0.1, 0.15) is 0 Å². The molecule has 1 aliphatic carbocycles. The van der Waals surface area contributed by atoms with E-state index in [1.54, 1.807) is 0 Å². The minimum Gasteiger partial charge on any atom is -0.328 e. The van der Waals surface area contributed by atoms with Crippen LogP contribution in [-0.4, -0.2) is 24.5 Å². The van der Waals surface area contributed by atoms with Crippen LogP contribution in [-0.2, 0) is 6.54 Å². The van der Waals surface area contributed by atoms with Crippen LogP contribution in [0.2, 0.25) is 0 Å².